The van der Waals surface area contributed by atoms with Gasteiger partial charge in [0.15, 0.2) is 0 Å². The molecule has 0 saturated heterocycles. The molecule has 1 aromatic carbocycles. The second-order valence-corrected chi connectivity index (χ2v) is 7.59. The normalized spacial score (nSPS) is 19.4. The van der Waals surface area contributed by atoms with Gasteiger partial charge in [0.2, 0.25) is 0 Å². The molecule has 0 atom stereocenters. The molecule has 1 fully saturated rings. The number of nitrogens with one attached hydrogen (secondary N) is 1. The zero-order valence-electron chi connectivity index (χ0n) is 14.4. The van der Waals surface area contributed by atoms with Gasteiger partial charge >= 0.3 is 0 Å². The van der Waals surface area contributed by atoms with E-state index in [2.05, 4.69) is 28.1 Å². The van der Waals surface area contributed by atoms with E-state index in [1.54, 1.807) is 0 Å². The van der Waals surface area contributed by atoms with Crippen molar-refractivity contribution in [2.24, 2.45) is 5.92 Å². The maximum absolute atomic E-state index is 12.4. The SMILES string of the molecule is O=c1[nH]c(CC2CC2)nc2c1CCN(Cc1ccc3c(c1)CCO3)C2. The molecule has 0 bridgehead atoms. The van der Waals surface area contributed by atoms with Crippen LogP contribution < -0.4 is 10.3 Å². The molecule has 5 rings (SSSR count). The molecule has 5 heteroatoms. The molecule has 25 heavy (non-hydrogen) atoms. The second kappa shape index (κ2) is 5.99. The fourth-order valence-electron chi connectivity index (χ4n) is 3.97. The van der Waals surface area contributed by atoms with Crippen molar-refractivity contribution in [2.75, 3.05) is 13.2 Å². The van der Waals surface area contributed by atoms with Crippen LogP contribution in [0.15, 0.2) is 23.0 Å². The standard InChI is InChI=1S/C20H23N3O2/c24-20-16-5-7-23(11-14-3-4-18-15(9-14)6-8-25-18)12-17(16)21-19(22-20)10-13-1-2-13/h3-4,9,13H,1-2,5-8,10-12H2,(H,21,22,24). The predicted molar refractivity (Wildman–Crippen MR) is 94.7 cm³/mol. The first-order chi connectivity index (χ1) is 12.2. The van der Waals surface area contributed by atoms with E-state index in [1.807, 2.05) is 0 Å². The summed E-state index contributed by atoms with van der Waals surface area (Å²) < 4.78 is 5.59. The van der Waals surface area contributed by atoms with Crippen molar-refractivity contribution in [3.05, 3.63) is 56.8 Å². The Hall–Kier alpha value is -2.14. The molecule has 2 aromatic rings. The lowest BCUT2D eigenvalue weighted by Crippen LogP contribution is -2.35. The number of ether oxygens (including phenoxy) is 1. The van der Waals surface area contributed by atoms with Crippen LogP contribution in [0.2, 0.25) is 0 Å². The van der Waals surface area contributed by atoms with E-state index in [-0.39, 0.29) is 5.56 Å². The number of rotatable bonds is 4. The molecular weight excluding hydrogens is 314 g/mol. The molecule has 130 valence electrons. The van der Waals surface area contributed by atoms with Gasteiger partial charge in [-0.25, -0.2) is 4.98 Å². The highest BCUT2D eigenvalue weighted by atomic mass is 16.5. The lowest BCUT2D eigenvalue weighted by molar-refractivity contribution is 0.240. The first-order valence-corrected chi connectivity index (χ1v) is 9.32. The summed E-state index contributed by atoms with van der Waals surface area (Å²) in [6, 6.07) is 6.51. The van der Waals surface area contributed by atoms with Crippen LogP contribution in [-0.4, -0.2) is 28.0 Å². The fourth-order valence-corrected chi connectivity index (χ4v) is 3.97. The van der Waals surface area contributed by atoms with Gasteiger partial charge in [0.25, 0.3) is 5.56 Å². The second-order valence-electron chi connectivity index (χ2n) is 7.59. The molecule has 3 heterocycles. The minimum Gasteiger partial charge on any atom is -0.493 e. The van der Waals surface area contributed by atoms with E-state index in [1.165, 1.54) is 24.0 Å². The molecule has 2 aliphatic heterocycles. The number of fused-ring (bicyclic) bond motifs is 2. The summed E-state index contributed by atoms with van der Waals surface area (Å²) in [6.45, 7) is 3.38. The Morgan fingerprint density at radius 1 is 1.28 bits per heavy atom. The van der Waals surface area contributed by atoms with Crippen molar-refractivity contribution in [1.29, 1.82) is 0 Å². The van der Waals surface area contributed by atoms with E-state index >= 15 is 0 Å². The van der Waals surface area contributed by atoms with Crippen molar-refractivity contribution in [3.8, 4) is 5.75 Å². The van der Waals surface area contributed by atoms with Crippen LogP contribution in [0.3, 0.4) is 0 Å². The molecule has 0 spiro atoms. The van der Waals surface area contributed by atoms with Crippen LogP contribution in [0, 0.1) is 5.92 Å². The molecule has 3 aliphatic rings. The first kappa shape index (κ1) is 15.1. The number of H-pyrrole nitrogens is 1. The van der Waals surface area contributed by atoms with Gasteiger partial charge in [-0.2, -0.15) is 0 Å². The van der Waals surface area contributed by atoms with Crippen LogP contribution in [0.25, 0.3) is 0 Å². The van der Waals surface area contributed by atoms with Gasteiger partial charge in [-0.3, -0.25) is 9.69 Å². The molecule has 0 unspecified atom stereocenters. The summed E-state index contributed by atoms with van der Waals surface area (Å²) in [5.41, 5.74) is 4.58. The van der Waals surface area contributed by atoms with E-state index in [9.17, 15) is 4.79 Å². The van der Waals surface area contributed by atoms with E-state index in [0.29, 0.717) is 0 Å². The largest absolute Gasteiger partial charge is 0.493 e. The van der Waals surface area contributed by atoms with Gasteiger partial charge in [-0.1, -0.05) is 12.1 Å². The predicted octanol–water partition coefficient (Wildman–Crippen LogP) is 2.22. The van der Waals surface area contributed by atoms with Crippen LogP contribution in [0.1, 0.15) is 41.1 Å². The molecule has 0 radical (unpaired) electrons. The summed E-state index contributed by atoms with van der Waals surface area (Å²) in [5, 5.41) is 0. The van der Waals surface area contributed by atoms with Crippen molar-refractivity contribution in [1.82, 2.24) is 14.9 Å². The Labute approximate surface area is 147 Å². The van der Waals surface area contributed by atoms with Crippen molar-refractivity contribution < 1.29 is 4.74 Å². The van der Waals surface area contributed by atoms with Crippen molar-refractivity contribution in [3.63, 3.8) is 0 Å². The van der Waals surface area contributed by atoms with Crippen LogP contribution in [0.4, 0.5) is 0 Å². The monoisotopic (exact) mass is 337 g/mol. The summed E-state index contributed by atoms with van der Waals surface area (Å²) >= 11 is 0. The minimum absolute atomic E-state index is 0.0787. The summed E-state index contributed by atoms with van der Waals surface area (Å²) in [4.78, 5) is 22.5. The van der Waals surface area contributed by atoms with Gasteiger partial charge in [-0.15, -0.1) is 0 Å². The number of benzene rings is 1. The van der Waals surface area contributed by atoms with Crippen LogP contribution in [0.5, 0.6) is 5.75 Å². The average Bonchev–Trinajstić information content (AvgIpc) is 3.28. The van der Waals surface area contributed by atoms with Gasteiger partial charge in [0.1, 0.15) is 11.6 Å². The van der Waals surface area contributed by atoms with E-state index < -0.39 is 0 Å². The number of aromatic nitrogens is 2. The third kappa shape index (κ3) is 3.09. The molecule has 0 amide bonds. The number of hydrogen-bond acceptors (Lipinski definition) is 4. The molecule has 1 aliphatic carbocycles. The van der Waals surface area contributed by atoms with Gasteiger partial charge < -0.3 is 9.72 Å². The van der Waals surface area contributed by atoms with Crippen molar-refractivity contribution >= 4 is 0 Å². The highest BCUT2D eigenvalue weighted by Crippen LogP contribution is 2.32. The van der Waals surface area contributed by atoms with Crippen molar-refractivity contribution in [2.45, 2.75) is 45.2 Å². The highest BCUT2D eigenvalue weighted by molar-refractivity contribution is 5.39. The number of nitrogens with zero attached hydrogens (tertiary/aromatic N) is 2. The van der Waals surface area contributed by atoms with Gasteiger partial charge in [0, 0.05) is 38.0 Å². The highest BCUT2D eigenvalue weighted by Gasteiger charge is 2.25. The summed E-state index contributed by atoms with van der Waals surface area (Å²) in [6.07, 6.45) is 5.26. The maximum Gasteiger partial charge on any atom is 0.254 e. The smallest absolute Gasteiger partial charge is 0.254 e. The first-order valence-electron chi connectivity index (χ1n) is 9.32. The molecular formula is C20H23N3O2. The number of aromatic amines is 1. The van der Waals surface area contributed by atoms with Gasteiger partial charge in [-0.05, 0) is 42.4 Å². The quantitative estimate of drug-likeness (QED) is 0.929. The molecule has 5 nitrogen and oxygen atoms in total. The molecule has 1 aromatic heterocycles. The van der Waals surface area contributed by atoms with Crippen LogP contribution in [-0.2, 0) is 32.4 Å². The summed E-state index contributed by atoms with van der Waals surface area (Å²) in [5.74, 6) is 2.64. The Morgan fingerprint density at radius 2 is 2.20 bits per heavy atom. The average molecular weight is 337 g/mol. The third-order valence-electron chi connectivity index (χ3n) is 5.54. The molecule has 1 N–H and O–H groups in total. The maximum atomic E-state index is 12.4. The zero-order chi connectivity index (χ0) is 16.8. The Balaban J connectivity index is 1.34. The Morgan fingerprint density at radius 3 is 3.08 bits per heavy atom. The third-order valence-corrected chi connectivity index (χ3v) is 5.54. The minimum atomic E-state index is 0.0787. The van der Waals surface area contributed by atoms with Crippen LogP contribution >= 0.6 is 0 Å². The lowest BCUT2D eigenvalue weighted by Gasteiger charge is -2.28. The van der Waals surface area contributed by atoms with E-state index in [0.717, 1.165) is 74.3 Å². The molecule has 1 saturated carbocycles. The Kier molecular flexibility index (Phi) is 3.63. The Bertz CT molecular complexity index is 870. The number of hydrogen-bond donors (Lipinski definition) is 1. The van der Waals surface area contributed by atoms with Gasteiger partial charge in [0.05, 0.1) is 12.3 Å². The topological polar surface area (TPSA) is 58.2 Å². The fraction of sp³-hybridized carbons (Fsp3) is 0.500. The zero-order valence-corrected chi connectivity index (χ0v) is 14.4. The lowest BCUT2D eigenvalue weighted by atomic mass is 10.0. The van der Waals surface area contributed by atoms with E-state index in [4.69, 9.17) is 9.72 Å². The summed E-state index contributed by atoms with van der Waals surface area (Å²) in [7, 11) is 0.